The molecule has 2 saturated heterocycles. The van der Waals surface area contributed by atoms with Crippen LogP contribution < -0.4 is 9.64 Å². The number of methoxy groups -OCH3 is 1. The Morgan fingerprint density at radius 3 is 2.42 bits per heavy atom. The Morgan fingerprint density at radius 2 is 1.85 bits per heavy atom. The molecule has 0 unspecified atom stereocenters. The van der Waals surface area contributed by atoms with Gasteiger partial charge in [0.05, 0.1) is 23.7 Å². The highest BCUT2D eigenvalue weighted by Gasteiger charge is 2.39. The van der Waals surface area contributed by atoms with Crippen LogP contribution in [0.3, 0.4) is 0 Å². The topological polar surface area (TPSA) is 58.1 Å². The van der Waals surface area contributed by atoms with Crippen LogP contribution >= 0.6 is 11.6 Å². The predicted octanol–water partition coefficient (Wildman–Crippen LogP) is 3.79. The SMILES string of the molecule is COc1ccc([C@@H]2C[C@@H](C(=O)N3CCN(c4ncc(C(F)(F)F)cc4Cl)CC3)ON2C)cc1. The number of benzene rings is 1. The number of ether oxygens (including phenoxy) is 1. The largest absolute Gasteiger partial charge is 0.497 e. The quantitative estimate of drug-likeness (QED) is 0.658. The maximum Gasteiger partial charge on any atom is 0.417 e. The molecule has 11 heteroatoms. The van der Waals surface area contributed by atoms with Gasteiger partial charge in [-0.15, -0.1) is 0 Å². The van der Waals surface area contributed by atoms with E-state index in [1.807, 2.05) is 24.3 Å². The van der Waals surface area contributed by atoms with Crippen LogP contribution in [0.25, 0.3) is 0 Å². The number of halogens is 4. The Labute approximate surface area is 194 Å². The van der Waals surface area contributed by atoms with Crippen molar-refractivity contribution < 1.29 is 27.5 Å². The molecular formula is C22H24ClF3N4O3. The maximum absolute atomic E-state index is 13.1. The second kappa shape index (κ2) is 9.36. The number of amides is 1. The van der Waals surface area contributed by atoms with E-state index in [9.17, 15) is 18.0 Å². The molecule has 2 aliphatic rings. The Balaban J connectivity index is 1.36. The van der Waals surface area contributed by atoms with Gasteiger partial charge in [-0.05, 0) is 23.8 Å². The molecule has 2 aromatic rings. The Morgan fingerprint density at radius 1 is 1.18 bits per heavy atom. The molecule has 2 fully saturated rings. The average Bonchev–Trinajstić information content (AvgIpc) is 3.19. The number of nitrogens with zero attached hydrogens (tertiary/aromatic N) is 4. The van der Waals surface area contributed by atoms with Crippen LogP contribution in [0.15, 0.2) is 36.5 Å². The first-order valence-electron chi connectivity index (χ1n) is 10.5. The second-order valence-corrected chi connectivity index (χ2v) is 8.41. The maximum atomic E-state index is 13.1. The Kier molecular flexibility index (Phi) is 6.69. The molecule has 2 atom stereocenters. The number of piperazine rings is 1. The fourth-order valence-corrected chi connectivity index (χ4v) is 4.43. The lowest BCUT2D eigenvalue weighted by Crippen LogP contribution is -2.51. The van der Waals surface area contributed by atoms with Gasteiger partial charge < -0.3 is 14.5 Å². The van der Waals surface area contributed by atoms with Crippen molar-refractivity contribution in [2.24, 2.45) is 0 Å². The number of alkyl halides is 3. The van der Waals surface area contributed by atoms with Crippen LogP contribution in [0.1, 0.15) is 23.6 Å². The van der Waals surface area contributed by atoms with Crippen molar-refractivity contribution in [1.29, 1.82) is 0 Å². The second-order valence-electron chi connectivity index (χ2n) is 8.00. The third-order valence-electron chi connectivity index (χ3n) is 5.99. The summed E-state index contributed by atoms with van der Waals surface area (Å²) in [4.78, 5) is 26.3. The zero-order valence-electron chi connectivity index (χ0n) is 18.2. The molecule has 1 aromatic heterocycles. The normalized spacial score (nSPS) is 22.0. The number of carbonyl (C=O) groups excluding carboxylic acids is 1. The van der Waals surface area contributed by atoms with Gasteiger partial charge in [-0.2, -0.15) is 18.2 Å². The average molecular weight is 485 g/mol. The van der Waals surface area contributed by atoms with E-state index in [-0.39, 0.29) is 22.8 Å². The van der Waals surface area contributed by atoms with Crippen LogP contribution in [-0.2, 0) is 15.8 Å². The summed E-state index contributed by atoms with van der Waals surface area (Å²) in [6.07, 6.45) is -3.80. The number of hydrogen-bond acceptors (Lipinski definition) is 6. The molecular weight excluding hydrogens is 461 g/mol. The van der Waals surface area contributed by atoms with E-state index >= 15 is 0 Å². The fraction of sp³-hybridized carbons (Fsp3) is 0.455. The number of aromatic nitrogens is 1. The number of hydrogen-bond donors (Lipinski definition) is 0. The molecule has 4 rings (SSSR count). The molecule has 0 bridgehead atoms. The van der Waals surface area contributed by atoms with Crippen molar-refractivity contribution in [2.45, 2.75) is 24.7 Å². The lowest BCUT2D eigenvalue weighted by Gasteiger charge is -2.36. The molecule has 3 heterocycles. The van der Waals surface area contributed by atoms with E-state index < -0.39 is 17.8 Å². The standard InChI is InChI=1S/C22H24ClF3N4O3/c1-28-18(14-3-5-16(32-2)6-4-14)12-19(33-28)21(31)30-9-7-29(8-10-30)20-17(23)11-15(13-27-20)22(24,25)26/h3-6,11,13,18-19H,7-10,12H2,1-2H3/t18-,19-/m0/s1. The van der Waals surface area contributed by atoms with Crippen LogP contribution in [0.2, 0.25) is 5.02 Å². The van der Waals surface area contributed by atoms with Crippen molar-refractivity contribution in [3.8, 4) is 5.75 Å². The van der Waals surface area contributed by atoms with Gasteiger partial charge in [0.15, 0.2) is 6.10 Å². The number of hydroxylamine groups is 2. The van der Waals surface area contributed by atoms with Crippen molar-refractivity contribution in [3.63, 3.8) is 0 Å². The van der Waals surface area contributed by atoms with Gasteiger partial charge in [-0.25, -0.2) is 4.98 Å². The van der Waals surface area contributed by atoms with Gasteiger partial charge in [0, 0.05) is 45.8 Å². The number of rotatable bonds is 4. The highest BCUT2D eigenvalue weighted by molar-refractivity contribution is 6.33. The summed E-state index contributed by atoms with van der Waals surface area (Å²) in [5.41, 5.74) is 0.139. The van der Waals surface area contributed by atoms with Gasteiger partial charge in [0.2, 0.25) is 0 Å². The van der Waals surface area contributed by atoms with Gasteiger partial charge in [-0.1, -0.05) is 23.7 Å². The van der Waals surface area contributed by atoms with E-state index in [1.165, 1.54) is 0 Å². The number of carbonyl (C=O) groups is 1. The third kappa shape index (κ3) is 5.02. The summed E-state index contributed by atoms with van der Waals surface area (Å²) < 4.78 is 43.7. The predicted molar refractivity (Wildman–Crippen MR) is 116 cm³/mol. The van der Waals surface area contributed by atoms with Gasteiger partial charge in [-0.3, -0.25) is 9.63 Å². The molecule has 0 spiro atoms. The highest BCUT2D eigenvalue weighted by Crippen LogP contribution is 2.35. The van der Waals surface area contributed by atoms with E-state index in [4.69, 9.17) is 21.2 Å². The first-order chi connectivity index (χ1) is 15.7. The summed E-state index contributed by atoms with van der Waals surface area (Å²) in [6.45, 7) is 1.62. The fourth-order valence-electron chi connectivity index (χ4n) is 4.15. The summed E-state index contributed by atoms with van der Waals surface area (Å²) in [5.74, 6) is 0.936. The molecule has 0 saturated carbocycles. The summed E-state index contributed by atoms with van der Waals surface area (Å²) in [7, 11) is 3.41. The number of anilines is 1. The minimum atomic E-state index is -4.50. The zero-order chi connectivity index (χ0) is 23.8. The van der Waals surface area contributed by atoms with Gasteiger partial charge >= 0.3 is 6.18 Å². The van der Waals surface area contributed by atoms with E-state index in [1.54, 1.807) is 29.0 Å². The third-order valence-corrected chi connectivity index (χ3v) is 6.26. The molecule has 0 radical (unpaired) electrons. The summed E-state index contributed by atoms with van der Waals surface area (Å²) in [5, 5.41) is 1.64. The minimum Gasteiger partial charge on any atom is -0.497 e. The first-order valence-corrected chi connectivity index (χ1v) is 10.8. The molecule has 33 heavy (non-hydrogen) atoms. The van der Waals surface area contributed by atoms with Crippen molar-refractivity contribution in [3.05, 3.63) is 52.7 Å². The van der Waals surface area contributed by atoms with Crippen LogP contribution in [0.5, 0.6) is 5.75 Å². The molecule has 0 aliphatic carbocycles. The van der Waals surface area contributed by atoms with E-state index in [2.05, 4.69) is 4.98 Å². The summed E-state index contributed by atoms with van der Waals surface area (Å²) in [6, 6.07) is 8.48. The van der Waals surface area contributed by atoms with Crippen molar-refractivity contribution >= 4 is 23.3 Å². The smallest absolute Gasteiger partial charge is 0.417 e. The molecule has 1 aromatic carbocycles. The molecule has 7 nitrogen and oxygen atoms in total. The number of pyridine rings is 1. The summed E-state index contributed by atoms with van der Waals surface area (Å²) >= 11 is 6.06. The molecule has 0 N–H and O–H groups in total. The van der Waals surface area contributed by atoms with Crippen LogP contribution in [0, 0.1) is 0 Å². The first kappa shape index (κ1) is 23.6. The highest BCUT2D eigenvalue weighted by atomic mass is 35.5. The van der Waals surface area contributed by atoms with Crippen LogP contribution in [-0.4, -0.2) is 67.3 Å². The van der Waals surface area contributed by atoms with Crippen molar-refractivity contribution in [2.75, 3.05) is 45.2 Å². The van der Waals surface area contributed by atoms with Gasteiger partial charge in [0.1, 0.15) is 11.6 Å². The lowest BCUT2D eigenvalue weighted by atomic mass is 10.0. The monoisotopic (exact) mass is 484 g/mol. The lowest BCUT2D eigenvalue weighted by molar-refractivity contribution is -0.171. The van der Waals surface area contributed by atoms with Gasteiger partial charge in [0.25, 0.3) is 5.91 Å². The Hall–Kier alpha value is -2.56. The zero-order valence-corrected chi connectivity index (χ0v) is 18.9. The van der Waals surface area contributed by atoms with Crippen molar-refractivity contribution in [1.82, 2.24) is 14.9 Å². The molecule has 1 amide bonds. The minimum absolute atomic E-state index is 0.0544. The Bertz CT molecular complexity index is 997. The van der Waals surface area contributed by atoms with Crippen LogP contribution in [0.4, 0.5) is 19.0 Å². The molecule has 178 valence electrons. The molecule has 2 aliphatic heterocycles. The van der Waals surface area contributed by atoms with E-state index in [0.717, 1.165) is 23.6 Å². The van der Waals surface area contributed by atoms with E-state index in [0.29, 0.717) is 32.6 Å².